The summed E-state index contributed by atoms with van der Waals surface area (Å²) in [5.41, 5.74) is 2.01. The van der Waals surface area contributed by atoms with Crippen molar-refractivity contribution >= 4 is 33.3 Å². The topological polar surface area (TPSA) is 96.5 Å². The van der Waals surface area contributed by atoms with Gasteiger partial charge in [0.25, 0.3) is 5.91 Å². The minimum atomic E-state index is -0.716. The molecule has 0 fully saturated rings. The zero-order chi connectivity index (χ0) is 21.7. The number of rotatable bonds is 4. The Hall–Kier alpha value is -3.52. The van der Waals surface area contributed by atoms with Gasteiger partial charge in [0.1, 0.15) is 16.3 Å². The fourth-order valence-corrected chi connectivity index (χ4v) is 4.88. The van der Waals surface area contributed by atoms with Crippen LogP contribution in [0, 0.1) is 6.92 Å². The number of aryl methyl sites for hydroxylation is 2. The SMILES string of the molecule is CCCc1nnc(N2C(=O)c3oc4ccc(C)cc4c(=O)c3[C@H]2c2ccc(O)cc2)s1. The van der Waals surface area contributed by atoms with E-state index in [1.807, 2.05) is 19.9 Å². The van der Waals surface area contributed by atoms with Crippen LogP contribution < -0.4 is 10.3 Å². The zero-order valence-electron chi connectivity index (χ0n) is 17.0. The lowest BCUT2D eigenvalue weighted by Gasteiger charge is -2.22. The van der Waals surface area contributed by atoms with Crippen molar-refractivity contribution < 1.29 is 14.3 Å². The average molecular weight is 433 g/mol. The molecule has 1 aliphatic heterocycles. The van der Waals surface area contributed by atoms with Crippen LogP contribution in [0.25, 0.3) is 11.0 Å². The molecule has 1 N–H and O–H groups in total. The predicted molar refractivity (Wildman–Crippen MR) is 118 cm³/mol. The second-order valence-corrected chi connectivity index (χ2v) is 8.61. The van der Waals surface area contributed by atoms with Gasteiger partial charge in [-0.05, 0) is 43.2 Å². The highest BCUT2D eigenvalue weighted by molar-refractivity contribution is 7.15. The molecule has 156 valence electrons. The number of nitrogens with zero attached hydrogens (tertiary/aromatic N) is 3. The first-order chi connectivity index (χ1) is 15.0. The second-order valence-electron chi connectivity index (χ2n) is 7.57. The number of hydrogen-bond donors (Lipinski definition) is 1. The summed E-state index contributed by atoms with van der Waals surface area (Å²) in [6.45, 7) is 3.95. The first-order valence-corrected chi connectivity index (χ1v) is 10.8. The minimum absolute atomic E-state index is 0.0201. The second kappa shape index (κ2) is 7.31. The average Bonchev–Trinajstić information content (AvgIpc) is 3.32. The molecule has 0 bridgehead atoms. The fraction of sp³-hybridized carbons (Fsp3) is 0.217. The van der Waals surface area contributed by atoms with E-state index < -0.39 is 11.9 Å². The van der Waals surface area contributed by atoms with E-state index in [1.165, 1.54) is 28.4 Å². The normalized spacial score (nSPS) is 15.6. The van der Waals surface area contributed by atoms with Gasteiger partial charge in [0.05, 0.1) is 17.0 Å². The number of amides is 1. The Bertz CT molecular complexity index is 1370. The molecule has 31 heavy (non-hydrogen) atoms. The molecule has 2 aromatic carbocycles. The van der Waals surface area contributed by atoms with Crippen LogP contribution in [0.4, 0.5) is 5.13 Å². The largest absolute Gasteiger partial charge is 0.508 e. The van der Waals surface area contributed by atoms with E-state index in [0.29, 0.717) is 21.7 Å². The van der Waals surface area contributed by atoms with Crippen LogP contribution >= 0.6 is 11.3 Å². The third kappa shape index (κ3) is 3.11. The van der Waals surface area contributed by atoms with E-state index in [4.69, 9.17) is 4.42 Å². The highest BCUT2D eigenvalue weighted by Gasteiger charge is 2.45. The van der Waals surface area contributed by atoms with Gasteiger partial charge in [0, 0.05) is 6.42 Å². The van der Waals surface area contributed by atoms with Crippen molar-refractivity contribution in [3.8, 4) is 5.75 Å². The van der Waals surface area contributed by atoms with Crippen LogP contribution in [-0.4, -0.2) is 21.2 Å². The standard InChI is InChI=1S/C23H19N3O4S/c1-3-4-17-24-25-23(31-17)26-19(13-6-8-14(27)9-7-13)18-20(28)15-11-12(2)5-10-16(15)30-21(18)22(26)29/h5-11,19,27H,3-4H2,1-2H3/t19-/m1/s1. The van der Waals surface area contributed by atoms with E-state index in [0.717, 1.165) is 23.4 Å². The van der Waals surface area contributed by atoms with Crippen molar-refractivity contribution in [2.24, 2.45) is 0 Å². The number of anilines is 1. The van der Waals surface area contributed by atoms with E-state index in [-0.39, 0.29) is 22.5 Å². The molecule has 0 spiro atoms. The molecule has 0 unspecified atom stereocenters. The van der Waals surface area contributed by atoms with Gasteiger partial charge in [0.15, 0.2) is 5.43 Å². The van der Waals surface area contributed by atoms with Crippen LogP contribution in [-0.2, 0) is 6.42 Å². The quantitative estimate of drug-likeness (QED) is 0.514. The van der Waals surface area contributed by atoms with Crippen LogP contribution in [0.1, 0.15) is 51.6 Å². The van der Waals surface area contributed by atoms with Crippen molar-refractivity contribution in [1.29, 1.82) is 0 Å². The number of carbonyl (C=O) groups is 1. The molecule has 0 saturated carbocycles. The van der Waals surface area contributed by atoms with Crippen molar-refractivity contribution in [2.45, 2.75) is 32.7 Å². The number of fused-ring (bicyclic) bond motifs is 2. The number of hydrogen-bond acceptors (Lipinski definition) is 7. The number of phenols is 1. The maximum Gasteiger partial charge on any atom is 0.297 e. The minimum Gasteiger partial charge on any atom is -0.508 e. The van der Waals surface area contributed by atoms with E-state index in [9.17, 15) is 14.7 Å². The Kier molecular flexibility index (Phi) is 4.59. The van der Waals surface area contributed by atoms with Gasteiger partial charge in [-0.1, -0.05) is 42.0 Å². The van der Waals surface area contributed by atoms with Crippen molar-refractivity contribution in [3.63, 3.8) is 0 Å². The molecule has 0 radical (unpaired) electrons. The van der Waals surface area contributed by atoms with Gasteiger partial charge in [0.2, 0.25) is 10.9 Å². The summed E-state index contributed by atoms with van der Waals surface area (Å²) >= 11 is 1.33. The Labute approximate surface area is 181 Å². The molecule has 1 aliphatic rings. The molecule has 0 aliphatic carbocycles. The van der Waals surface area contributed by atoms with Crippen molar-refractivity contribution in [3.05, 3.63) is 80.1 Å². The number of carbonyl (C=O) groups excluding carboxylic acids is 1. The van der Waals surface area contributed by atoms with Crippen molar-refractivity contribution in [2.75, 3.05) is 4.90 Å². The smallest absolute Gasteiger partial charge is 0.297 e. The van der Waals surface area contributed by atoms with E-state index in [2.05, 4.69) is 10.2 Å². The van der Waals surface area contributed by atoms with Gasteiger partial charge < -0.3 is 9.52 Å². The first kappa shape index (κ1) is 19.4. The fourth-order valence-electron chi connectivity index (χ4n) is 3.91. The molecule has 8 heteroatoms. The molecule has 1 amide bonds. The molecule has 7 nitrogen and oxygen atoms in total. The van der Waals surface area contributed by atoms with Crippen LogP contribution in [0.5, 0.6) is 5.75 Å². The molecule has 5 rings (SSSR count). The predicted octanol–water partition coefficient (Wildman–Crippen LogP) is 4.36. The van der Waals surface area contributed by atoms with Crippen LogP contribution in [0.15, 0.2) is 51.7 Å². The molecule has 0 saturated heterocycles. The first-order valence-electron chi connectivity index (χ1n) is 10.00. The highest BCUT2D eigenvalue weighted by atomic mass is 32.1. The van der Waals surface area contributed by atoms with Gasteiger partial charge in [-0.2, -0.15) is 0 Å². The third-order valence-electron chi connectivity index (χ3n) is 5.36. The number of benzene rings is 2. The Morgan fingerprint density at radius 3 is 2.65 bits per heavy atom. The Morgan fingerprint density at radius 1 is 1.13 bits per heavy atom. The molecule has 2 aromatic heterocycles. The maximum absolute atomic E-state index is 13.5. The van der Waals surface area contributed by atoms with E-state index in [1.54, 1.807) is 24.3 Å². The van der Waals surface area contributed by atoms with Gasteiger partial charge >= 0.3 is 0 Å². The van der Waals surface area contributed by atoms with Gasteiger partial charge in [-0.3, -0.25) is 14.5 Å². The van der Waals surface area contributed by atoms with Gasteiger partial charge in [-0.15, -0.1) is 10.2 Å². The number of aromatic nitrogens is 2. The number of aromatic hydroxyl groups is 1. The Balaban J connectivity index is 1.77. The summed E-state index contributed by atoms with van der Waals surface area (Å²) in [4.78, 5) is 28.5. The lowest BCUT2D eigenvalue weighted by Crippen LogP contribution is -2.29. The third-order valence-corrected chi connectivity index (χ3v) is 6.34. The summed E-state index contributed by atoms with van der Waals surface area (Å²) in [7, 11) is 0. The molecule has 4 aromatic rings. The monoisotopic (exact) mass is 433 g/mol. The van der Waals surface area contributed by atoms with Gasteiger partial charge in [-0.25, -0.2) is 0 Å². The molecular weight excluding hydrogens is 414 g/mol. The summed E-state index contributed by atoms with van der Waals surface area (Å²) < 4.78 is 5.95. The van der Waals surface area contributed by atoms with Crippen LogP contribution in [0.3, 0.4) is 0 Å². The highest BCUT2D eigenvalue weighted by Crippen LogP contribution is 2.42. The van der Waals surface area contributed by atoms with Crippen LogP contribution in [0.2, 0.25) is 0 Å². The molecule has 1 atom stereocenters. The summed E-state index contributed by atoms with van der Waals surface area (Å²) in [5, 5.41) is 19.9. The zero-order valence-corrected chi connectivity index (χ0v) is 17.8. The maximum atomic E-state index is 13.5. The molecular formula is C23H19N3O4S. The lowest BCUT2D eigenvalue weighted by molar-refractivity contribution is 0.0970. The Morgan fingerprint density at radius 2 is 1.90 bits per heavy atom. The lowest BCUT2D eigenvalue weighted by atomic mass is 9.98. The van der Waals surface area contributed by atoms with E-state index >= 15 is 0 Å². The summed E-state index contributed by atoms with van der Waals surface area (Å²) in [6.07, 6.45) is 1.67. The summed E-state index contributed by atoms with van der Waals surface area (Å²) in [6, 6.07) is 11.1. The number of phenolic OH excluding ortho intramolecular Hbond substituents is 1. The van der Waals surface area contributed by atoms with Crippen molar-refractivity contribution in [1.82, 2.24) is 10.2 Å². The molecule has 3 heterocycles. The summed E-state index contributed by atoms with van der Waals surface area (Å²) in [5.74, 6) is -0.305.